The molecule has 2 atom stereocenters. The quantitative estimate of drug-likeness (QED) is 0.0823. The maximum atomic E-state index is 13.7. The number of amides is 2. The molecule has 380 valence electrons. The van der Waals surface area contributed by atoms with E-state index in [0.717, 1.165) is 96.0 Å². The van der Waals surface area contributed by atoms with Gasteiger partial charge in [-0.15, -0.1) is 0 Å². The van der Waals surface area contributed by atoms with Crippen molar-refractivity contribution in [2.24, 2.45) is 13.0 Å². The molecular weight excluding hydrogens is 1000 g/mol. The number of anilines is 6. The standard InChI is InChI=1S/C51H62BrN12O7P/c1-6-32-25-38(56-50-53-28-36(52)47(58-50)55-37-12-11-34-35(46(37)72(4,5)69)27-54-59(3)49(34)67)43(70-7-2)26-42(32)62-19-16-33(17-20-62)61-23-21-60(22-24-61)29-31-15-18-63(30-31)39-9-8-10-40-45(39)71-51(68)64(40)41-13-14-44(65)57-48(41)66/h8-12,25-28,31,33,41H,6-7,13-24,29-30H2,1-5H3,(H,57,65,66)(H2,53,55,56,58)/t31-,41?/m1/s1. The highest BCUT2D eigenvalue weighted by Crippen LogP contribution is 2.42. The number of nitrogens with zero attached hydrogens (tertiary/aromatic N) is 9. The van der Waals surface area contributed by atoms with E-state index in [-0.39, 0.29) is 24.3 Å². The fraction of sp³-hybridized carbons (Fsp3) is 0.471. The molecule has 0 saturated carbocycles. The predicted octanol–water partition coefficient (Wildman–Crippen LogP) is 6.18. The SMILES string of the molecule is CCOc1cc(N2CCC(N3CCN(C[C@H]4CCN(c5cccc6c5oc(=O)n6C5CCC(=O)NC5=O)C4)CC3)CC2)c(CC)cc1Nc1ncc(Br)c(Nc2ccc3c(=O)n(C)ncc3c2P(C)(C)=O)n1. The number of rotatable bonds is 14. The van der Waals surface area contributed by atoms with Crippen molar-refractivity contribution in [3.63, 3.8) is 0 Å². The van der Waals surface area contributed by atoms with Crippen molar-refractivity contribution in [1.82, 2.24) is 39.4 Å². The number of benzene rings is 3. The van der Waals surface area contributed by atoms with Gasteiger partial charge in [-0.05, 0) is 110 Å². The van der Waals surface area contributed by atoms with E-state index in [4.69, 9.17) is 14.1 Å². The van der Waals surface area contributed by atoms with Crippen molar-refractivity contribution >= 4 is 96.6 Å². The van der Waals surface area contributed by atoms with Crippen LogP contribution in [0.25, 0.3) is 21.9 Å². The van der Waals surface area contributed by atoms with Crippen molar-refractivity contribution in [3.8, 4) is 5.75 Å². The number of halogens is 1. The van der Waals surface area contributed by atoms with Gasteiger partial charge in [-0.2, -0.15) is 10.1 Å². The number of imide groups is 1. The first-order valence-electron chi connectivity index (χ1n) is 25.0. The number of nitrogens with one attached hydrogen (secondary N) is 3. The minimum Gasteiger partial charge on any atom is -0.492 e. The number of piperidine rings is 2. The predicted molar refractivity (Wildman–Crippen MR) is 285 cm³/mol. The van der Waals surface area contributed by atoms with E-state index in [0.29, 0.717) is 73.4 Å². The first-order valence-corrected chi connectivity index (χ1v) is 28.4. The number of ether oxygens (including phenoxy) is 1. The molecule has 19 nitrogen and oxygen atoms in total. The molecule has 4 fully saturated rings. The second-order valence-electron chi connectivity index (χ2n) is 19.7. The van der Waals surface area contributed by atoms with E-state index < -0.39 is 24.8 Å². The Bertz CT molecular complexity index is 3230. The zero-order valence-electron chi connectivity index (χ0n) is 41.4. The average molecular weight is 1070 g/mol. The highest BCUT2D eigenvalue weighted by Gasteiger charge is 2.35. The zero-order chi connectivity index (χ0) is 50.4. The molecule has 6 aromatic rings. The van der Waals surface area contributed by atoms with Crippen molar-refractivity contribution in [1.29, 1.82) is 0 Å². The summed E-state index contributed by atoms with van der Waals surface area (Å²) in [5.74, 6) is 0.639. The Labute approximate surface area is 425 Å². The fourth-order valence-electron chi connectivity index (χ4n) is 11.2. The van der Waals surface area contributed by atoms with E-state index in [9.17, 15) is 23.7 Å². The van der Waals surface area contributed by atoms with Crippen LogP contribution in [0.3, 0.4) is 0 Å². The van der Waals surface area contributed by atoms with Crippen molar-refractivity contribution in [2.45, 2.75) is 64.5 Å². The largest absolute Gasteiger partial charge is 0.492 e. The number of aromatic nitrogens is 5. The van der Waals surface area contributed by atoms with Crippen LogP contribution in [-0.2, 0) is 27.6 Å². The summed E-state index contributed by atoms with van der Waals surface area (Å²) in [6.45, 7) is 16.8. The Hall–Kier alpha value is -6.08. The topological polar surface area (TPSA) is 205 Å². The number of aryl methyl sites for hydroxylation is 2. The van der Waals surface area contributed by atoms with Crippen LogP contribution in [0.1, 0.15) is 57.6 Å². The second kappa shape index (κ2) is 20.4. The molecule has 3 N–H and O–H groups in total. The molecule has 7 heterocycles. The van der Waals surface area contributed by atoms with Gasteiger partial charge in [-0.1, -0.05) is 13.0 Å². The molecule has 4 saturated heterocycles. The Morgan fingerprint density at radius 3 is 2.39 bits per heavy atom. The lowest BCUT2D eigenvalue weighted by molar-refractivity contribution is -0.135. The lowest BCUT2D eigenvalue weighted by atomic mass is 9.99. The van der Waals surface area contributed by atoms with Crippen LogP contribution in [0, 0.1) is 5.92 Å². The molecule has 0 aliphatic carbocycles. The van der Waals surface area contributed by atoms with E-state index in [1.807, 2.05) is 25.1 Å². The highest BCUT2D eigenvalue weighted by atomic mass is 79.9. The van der Waals surface area contributed by atoms with E-state index in [1.54, 1.807) is 44.9 Å². The maximum Gasteiger partial charge on any atom is 0.420 e. The summed E-state index contributed by atoms with van der Waals surface area (Å²) in [4.78, 5) is 70.0. The zero-order valence-corrected chi connectivity index (χ0v) is 43.9. The molecule has 3 aromatic heterocycles. The highest BCUT2D eigenvalue weighted by molar-refractivity contribution is 9.10. The van der Waals surface area contributed by atoms with Crippen LogP contribution in [0.15, 0.2) is 73.3 Å². The first-order chi connectivity index (χ1) is 34.7. The normalized spacial score (nSPS) is 19.6. The number of carbonyl (C=O) groups is 2. The van der Waals surface area contributed by atoms with Gasteiger partial charge in [0, 0.05) is 107 Å². The summed E-state index contributed by atoms with van der Waals surface area (Å²) >= 11 is 3.60. The van der Waals surface area contributed by atoms with Gasteiger partial charge in [0.05, 0.1) is 45.2 Å². The Balaban J connectivity index is 0.752. The lowest BCUT2D eigenvalue weighted by Crippen LogP contribution is -2.54. The van der Waals surface area contributed by atoms with Crippen LogP contribution in [0.2, 0.25) is 0 Å². The summed E-state index contributed by atoms with van der Waals surface area (Å²) < 4.78 is 29.1. The molecule has 0 radical (unpaired) electrons. The fourth-order valence-corrected chi connectivity index (χ4v) is 12.9. The number of carbonyl (C=O) groups excluding carboxylic acids is 2. The molecule has 4 aliphatic heterocycles. The first kappa shape index (κ1) is 49.5. The molecule has 21 heteroatoms. The Kier molecular flexibility index (Phi) is 14.1. The minimum atomic E-state index is -2.90. The number of piperazine rings is 1. The van der Waals surface area contributed by atoms with Gasteiger partial charge in [-0.3, -0.25) is 29.2 Å². The number of fused-ring (bicyclic) bond motifs is 2. The number of para-hydroxylation sites is 1. The number of hydrogen-bond acceptors (Lipinski definition) is 16. The maximum absolute atomic E-state index is 13.7. The average Bonchev–Trinajstić information content (AvgIpc) is 3.97. The van der Waals surface area contributed by atoms with Gasteiger partial charge in [-0.25, -0.2) is 14.5 Å². The third-order valence-corrected chi connectivity index (χ3v) is 16.9. The van der Waals surface area contributed by atoms with Gasteiger partial charge in [0.25, 0.3) is 5.56 Å². The Morgan fingerprint density at radius 1 is 0.875 bits per heavy atom. The summed E-state index contributed by atoms with van der Waals surface area (Å²) in [5.41, 5.74) is 5.39. The Morgan fingerprint density at radius 2 is 1.65 bits per heavy atom. The van der Waals surface area contributed by atoms with Crippen molar-refractivity contribution in [2.75, 3.05) is 99.3 Å². The third kappa shape index (κ3) is 9.89. The van der Waals surface area contributed by atoms with Crippen molar-refractivity contribution < 1.29 is 23.3 Å². The molecule has 10 rings (SSSR count). The van der Waals surface area contributed by atoms with Gasteiger partial charge in [0.15, 0.2) is 5.58 Å². The van der Waals surface area contributed by atoms with Gasteiger partial charge >= 0.3 is 5.76 Å². The lowest BCUT2D eigenvalue weighted by Gasteiger charge is -2.44. The molecular formula is C51H62BrN12O7P. The van der Waals surface area contributed by atoms with Crippen molar-refractivity contribution in [3.05, 3.63) is 85.8 Å². The van der Waals surface area contributed by atoms with E-state index in [1.165, 1.54) is 20.5 Å². The van der Waals surface area contributed by atoms with Crippen LogP contribution >= 0.6 is 23.1 Å². The molecule has 72 heavy (non-hydrogen) atoms. The van der Waals surface area contributed by atoms with Gasteiger partial charge in [0.2, 0.25) is 17.8 Å². The minimum absolute atomic E-state index is 0.184. The summed E-state index contributed by atoms with van der Waals surface area (Å²) in [6, 6.07) is 13.3. The van der Waals surface area contributed by atoms with Crippen LogP contribution < -0.4 is 47.1 Å². The smallest absolute Gasteiger partial charge is 0.420 e. The summed E-state index contributed by atoms with van der Waals surface area (Å²) in [7, 11) is -1.31. The van der Waals surface area contributed by atoms with E-state index in [2.05, 4.69) is 80.6 Å². The summed E-state index contributed by atoms with van der Waals surface area (Å²) in [6.07, 6.45) is 7.74. The van der Waals surface area contributed by atoms with Crippen LogP contribution in [0.5, 0.6) is 5.75 Å². The summed E-state index contributed by atoms with van der Waals surface area (Å²) in [5, 5.41) is 14.9. The van der Waals surface area contributed by atoms with Crippen LogP contribution in [-0.4, -0.2) is 131 Å². The number of oxazole rings is 1. The third-order valence-electron chi connectivity index (χ3n) is 14.8. The van der Waals surface area contributed by atoms with Crippen LogP contribution in [0.4, 0.5) is 34.5 Å². The molecule has 2 amide bonds. The number of hydrogen-bond donors (Lipinski definition) is 3. The van der Waals surface area contributed by atoms with E-state index >= 15 is 0 Å². The van der Waals surface area contributed by atoms with Gasteiger partial charge < -0.3 is 39.1 Å². The second-order valence-corrected chi connectivity index (χ2v) is 23.7. The molecule has 1 unspecified atom stereocenters. The molecule has 4 aliphatic rings. The molecule has 0 spiro atoms. The van der Waals surface area contributed by atoms with Gasteiger partial charge in [0.1, 0.15) is 24.8 Å². The molecule has 3 aromatic carbocycles. The monoisotopic (exact) mass is 1060 g/mol. The molecule has 0 bridgehead atoms.